The Morgan fingerprint density at radius 3 is 2.73 bits per heavy atom. The molecule has 0 spiro atoms. The second-order valence-corrected chi connectivity index (χ2v) is 14.0. The molecule has 0 aromatic heterocycles. The van der Waals surface area contributed by atoms with Gasteiger partial charge in [0, 0.05) is 29.4 Å². The number of nitrogens with two attached hydrogens (primary N) is 2. The Balaban J connectivity index is 1.69. The van der Waals surface area contributed by atoms with Crippen LogP contribution in [0.15, 0.2) is 24.3 Å². The molecule has 0 radical (unpaired) electrons. The highest BCUT2D eigenvalue weighted by Gasteiger charge is 2.41. The smallest absolute Gasteiger partial charge is 0.420 e. The van der Waals surface area contributed by atoms with E-state index in [1.807, 2.05) is 0 Å². The Hall–Kier alpha value is -2.14. The number of alkyl halides is 2. The topological polar surface area (TPSA) is 177 Å². The Morgan fingerprint density at radius 2 is 2.04 bits per heavy atom. The molecular formula is C28H43BF2N4O8S2. The average Bonchev–Trinajstić information content (AvgIpc) is 3.35. The molecule has 1 aromatic carbocycles. The quantitative estimate of drug-likeness (QED) is 0.0349. The summed E-state index contributed by atoms with van der Waals surface area (Å²) in [5.41, 5.74) is 10.2. The predicted octanol–water partition coefficient (Wildman–Crippen LogP) is 0.808. The van der Waals surface area contributed by atoms with Crippen molar-refractivity contribution in [3.8, 4) is 17.5 Å². The monoisotopic (exact) mass is 676 g/mol. The first-order valence-electron chi connectivity index (χ1n) is 14.4. The summed E-state index contributed by atoms with van der Waals surface area (Å²) >= 11 is 0. The van der Waals surface area contributed by atoms with E-state index in [0.717, 1.165) is 0 Å². The van der Waals surface area contributed by atoms with Crippen LogP contribution >= 0.6 is 21.6 Å². The van der Waals surface area contributed by atoms with Crippen LogP contribution in [-0.2, 0) is 23.7 Å². The molecule has 1 aliphatic heterocycles. The van der Waals surface area contributed by atoms with Crippen LogP contribution in [0, 0.1) is 11.7 Å². The Bertz CT molecular complexity index is 1120. The van der Waals surface area contributed by atoms with Crippen LogP contribution < -0.4 is 26.8 Å². The van der Waals surface area contributed by atoms with E-state index >= 15 is 0 Å². The molecule has 2 rings (SSSR count). The van der Waals surface area contributed by atoms with Gasteiger partial charge in [-0.25, -0.2) is 5.73 Å². The van der Waals surface area contributed by atoms with Gasteiger partial charge < -0.3 is 45.2 Å². The van der Waals surface area contributed by atoms with Gasteiger partial charge in [0.15, 0.2) is 0 Å². The number of nitrogens with one attached hydrogen (secondary N) is 2. The average molecular weight is 677 g/mol. The fourth-order valence-electron chi connectivity index (χ4n) is 3.75. The number of carbonyl (C=O) groups excluding carboxylic acids is 2. The minimum Gasteiger partial charge on any atom is -0.490 e. The third kappa shape index (κ3) is 17.4. The summed E-state index contributed by atoms with van der Waals surface area (Å²) in [5.74, 6) is 5.51. The maximum atomic E-state index is 12.9. The Labute approximate surface area is 271 Å². The van der Waals surface area contributed by atoms with Crippen LogP contribution in [0.5, 0.6) is 5.75 Å². The van der Waals surface area contributed by atoms with Crippen LogP contribution in [0.1, 0.15) is 37.6 Å². The molecule has 12 nitrogen and oxygen atoms in total. The molecule has 1 aromatic rings. The van der Waals surface area contributed by atoms with Crippen molar-refractivity contribution in [2.75, 3.05) is 52.7 Å². The van der Waals surface area contributed by atoms with Gasteiger partial charge in [0.25, 0.3) is 5.91 Å². The summed E-state index contributed by atoms with van der Waals surface area (Å²) in [6.07, 6.45) is -5.67. The lowest BCUT2D eigenvalue weighted by Gasteiger charge is -2.22. The second-order valence-electron chi connectivity index (χ2n) is 10.8. The van der Waals surface area contributed by atoms with Gasteiger partial charge in [0.2, 0.25) is 13.2 Å². The molecule has 1 saturated heterocycles. The molecule has 7 N–H and O–H groups in total. The highest BCUT2D eigenvalue weighted by atomic mass is 33.1. The third-order valence-corrected chi connectivity index (χ3v) is 9.19. The first kappa shape index (κ1) is 39.0. The molecule has 2 amide bonds. The SMILES string of the molecule is CC(C)(C)SSC(COc1cccc(C(=O)NCCN)c1)OCCOCC(=O)NCC#CB[C@H]1C[C@@H](OC(N)(F)F)C(CO)O1. The van der Waals surface area contributed by atoms with Crippen LogP contribution in [-0.4, -0.2) is 111 Å². The van der Waals surface area contributed by atoms with Crippen molar-refractivity contribution < 1.29 is 47.2 Å². The highest BCUT2D eigenvalue weighted by molar-refractivity contribution is 8.77. The normalized spacial score (nSPS) is 18.9. The van der Waals surface area contributed by atoms with E-state index < -0.39 is 31.1 Å². The molecule has 252 valence electrons. The predicted molar refractivity (Wildman–Crippen MR) is 171 cm³/mol. The summed E-state index contributed by atoms with van der Waals surface area (Å²) in [6, 6.07) is 6.34. The maximum absolute atomic E-state index is 12.9. The number of aliphatic hydroxyl groups is 1. The Morgan fingerprint density at radius 1 is 1.27 bits per heavy atom. The third-order valence-electron chi connectivity index (χ3n) is 5.68. The van der Waals surface area contributed by atoms with Gasteiger partial charge in [-0.05, 0) is 24.6 Å². The summed E-state index contributed by atoms with van der Waals surface area (Å²) in [7, 11) is 3.38. The van der Waals surface area contributed by atoms with Crippen molar-refractivity contribution >= 4 is 40.7 Å². The van der Waals surface area contributed by atoms with E-state index in [4.69, 9.17) is 24.7 Å². The van der Waals surface area contributed by atoms with Crippen LogP contribution in [0.25, 0.3) is 0 Å². The van der Waals surface area contributed by atoms with Gasteiger partial charge in [0.05, 0.1) is 32.5 Å². The number of benzene rings is 1. The molecular weight excluding hydrogens is 633 g/mol. The van der Waals surface area contributed by atoms with Gasteiger partial charge in [-0.15, -0.1) is 0 Å². The van der Waals surface area contributed by atoms with Crippen molar-refractivity contribution in [2.24, 2.45) is 11.5 Å². The van der Waals surface area contributed by atoms with E-state index in [0.29, 0.717) is 24.4 Å². The number of aliphatic hydroxyl groups excluding tert-OH is 1. The largest absolute Gasteiger partial charge is 0.490 e. The van der Waals surface area contributed by atoms with Crippen molar-refractivity contribution in [3.05, 3.63) is 29.8 Å². The Kier molecular flexibility index (Phi) is 17.5. The number of carbonyl (C=O) groups is 2. The summed E-state index contributed by atoms with van der Waals surface area (Å²) in [4.78, 5) is 24.3. The minimum absolute atomic E-state index is 0.0180. The van der Waals surface area contributed by atoms with Crippen LogP contribution in [0.3, 0.4) is 0 Å². The number of hydrogen-bond donors (Lipinski definition) is 5. The van der Waals surface area contributed by atoms with Crippen LogP contribution in [0.2, 0.25) is 0 Å². The number of ether oxygens (including phenoxy) is 5. The summed E-state index contributed by atoms with van der Waals surface area (Å²) < 4.78 is 53.0. The lowest BCUT2D eigenvalue weighted by molar-refractivity contribution is -0.266. The molecule has 0 bridgehead atoms. The zero-order valence-corrected chi connectivity index (χ0v) is 27.4. The molecule has 0 saturated carbocycles. The van der Waals surface area contributed by atoms with Crippen molar-refractivity contribution in [1.82, 2.24) is 10.6 Å². The van der Waals surface area contributed by atoms with Gasteiger partial charge in [-0.1, -0.05) is 54.3 Å². The molecule has 1 aliphatic rings. The maximum Gasteiger partial charge on any atom is 0.420 e. The lowest BCUT2D eigenvalue weighted by Crippen LogP contribution is -2.40. The number of hydrogen-bond acceptors (Lipinski definition) is 12. The zero-order chi connectivity index (χ0) is 33.3. The number of amides is 2. The molecule has 1 fully saturated rings. The highest BCUT2D eigenvalue weighted by Crippen LogP contribution is 2.38. The van der Waals surface area contributed by atoms with Crippen molar-refractivity contribution in [3.63, 3.8) is 0 Å². The molecule has 17 heteroatoms. The zero-order valence-electron chi connectivity index (χ0n) is 25.7. The van der Waals surface area contributed by atoms with Crippen LogP contribution in [0.4, 0.5) is 8.78 Å². The van der Waals surface area contributed by atoms with E-state index in [2.05, 4.69) is 53.6 Å². The first-order chi connectivity index (χ1) is 21.3. The standard InChI is InChI=1S/C28H43BF2N4O8S2/c1-27(2,3)45-44-25(18-41-20-7-4-6-19(14-20)26(38)35-11-9-32)40-13-12-39-17-24(37)34-10-5-8-29-23-15-21(22(16-36)42-23)43-28(30,31)33/h4,6-7,14,21-23,25,29,36H,9-13,15-18,32-33H2,1-3H3,(H,34,37)(H,35,38)/t21-,22?,23-,25?/m1/s1. The van der Waals surface area contributed by atoms with Crippen molar-refractivity contribution in [1.29, 1.82) is 0 Å². The number of halogens is 2. The van der Waals surface area contributed by atoms with E-state index in [9.17, 15) is 23.5 Å². The summed E-state index contributed by atoms with van der Waals surface area (Å²) in [5, 5.41) is 14.6. The lowest BCUT2D eigenvalue weighted by atomic mass is 9.71. The van der Waals surface area contributed by atoms with Gasteiger partial charge in [-0.2, -0.15) is 14.6 Å². The number of rotatable bonds is 19. The summed E-state index contributed by atoms with van der Waals surface area (Å²) in [6.45, 7) is 6.99. The van der Waals surface area contributed by atoms with Gasteiger partial charge in [-0.3, -0.25) is 9.59 Å². The minimum atomic E-state index is -3.82. The van der Waals surface area contributed by atoms with Crippen molar-refractivity contribution in [2.45, 2.75) is 61.8 Å². The molecule has 0 aliphatic carbocycles. The molecule has 4 atom stereocenters. The fraction of sp³-hybridized carbons (Fsp3) is 0.643. The molecule has 1 heterocycles. The second kappa shape index (κ2) is 20.2. The van der Waals surface area contributed by atoms with Gasteiger partial charge >= 0.3 is 6.23 Å². The van der Waals surface area contributed by atoms with E-state index in [-0.39, 0.29) is 68.7 Å². The molecule has 45 heavy (non-hydrogen) atoms. The molecule has 2 unspecified atom stereocenters. The fourth-order valence-corrected chi connectivity index (χ4v) is 5.94. The van der Waals surface area contributed by atoms with E-state index in [1.165, 1.54) is 10.8 Å². The first-order valence-corrected chi connectivity index (χ1v) is 16.6. The van der Waals surface area contributed by atoms with E-state index in [1.54, 1.807) is 35.1 Å². The van der Waals surface area contributed by atoms with Gasteiger partial charge in [0.1, 0.15) is 30.5 Å².